The number of rotatable bonds is 5. The Morgan fingerprint density at radius 3 is 2.44 bits per heavy atom. The Bertz CT molecular complexity index is 779. The third-order valence-corrected chi connectivity index (χ3v) is 4.12. The maximum atomic E-state index is 12.5. The smallest absolute Gasteiger partial charge is 0.285 e. The summed E-state index contributed by atoms with van der Waals surface area (Å²) < 4.78 is 25.0. The first-order valence-electron chi connectivity index (χ1n) is 8.84. The van der Waals surface area contributed by atoms with Crippen LogP contribution in [0.3, 0.4) is 0 Å². The van der Waals surface area contributed by atoms with Gasteiger partial charge in [0.15, 0.2) is 0 Å². The molecule has 1 heterocycles. The van der Waals surface area contributed by atoms with E-state index in [4.69, 9.17) is 5.73 Å². The van der Waals surface area contributed by atoms with Crippen LogP contribution in [0.15, 0.2) is 47.6 Å². The van der Waals surface area contributed by atoms with Crippen LogP contribution in [0.5, 0.6) is 0 Å². The summed E-state index contributed by atoms with van der Waals surface area (Å²) in [5, 5.41) is 0. The lowest BCUT2D eigenvalue weighted by Crippen LogP contribution is -2.02. The number of nitrogens with zero attached hydrogens (tertiary/aromatic N) is 2. The number of hydrogen-bond donors (Lipinski definition) is 1. The molecule has 0 saturated carbocycles. The topological polar surface area (TPSA) is 51.3 Å². The first-order chi connectivity index (χ1) is 12.7. The van der Waals surface area contributed by atoms with E-state index in [1.807, 2.05) is 38.3 Å². The van der Waals surface area contributed by atoms with Gasteiger partial charge in [-0.1, -0.05) is 34.7 Å². The molecule has 0 aliphatic rings. The van der Waals surface area contributed by atoms with Crippen molar-refractivity contribution in [2.45, 2.75) is 46.2 Å². The zero-order valence-corrected chi connectivity index (χ0v) is 17.5. The Labute approximate surface area is 163 Å². The monoisotopic (exact) mass is 391 g/mol. The molecule has 1 aromatic heterocycles. The average Bonchev–Trinajstić information content (AvgIpc) is 2.61. The van der Waals surface area contributed by atoms with Crippen LogP contribution in [-0.2, 0) is 5.66 Å². The summed E-state index contributed by atoms with van der Waals surface area (Å²) in [6.45, 7) is 7.92. The van der Waals surface area contributed by atoms with Gasteiger partial charge >= 0.3 is 0 Å². The summed E-state index contributed by atoms with van der Waals surface area (Å²) in [5.41, 5.74) is 7.66. The van der Waals surface area contributed by atoms with Gasteiger partial charge in [0.25, 0.3) is 5.66 Å². The van der Waals surface area contributed by atoms with E-state index in [1.165, 1.54) is 21.5 Å². The van der Waals surface area contributed by atoms with Crippen LogP contribution in [0.4, 0.5) is 14.5 Å². The van der Waals surface area contributed by atoms with Crippen molar-refractivity contribution in [1.29, 1.82) is 0 Å². The molecule has 0 bridgehead atoms. The van der Waals surface area contributed by atoms with Crippen molar-refractivity contribution in [3.63, 3.8) is 0 Å². The van der Waals surface area contributed by atoms with E-state index in [2.05, 4.69) is 23.0 Å². The molecule has 0 fully saturated rings. The fraction of sp³-hybridized carbons (Fsp3) is 0.333. The molecule has 0 amide bonds. The SMILES string of the molecule is C/C=C(\N=CCCC)c1ccc(N)c(C)c1.Cc1ccc(C(F)(F)P)cn1. The van der Waals surface area contributed by atoms with Gasteiger partial charge in [0.2, 0.25) is 0 Å². The standard InChI is InChI=1S/C14H20N2.C7H8F2NP/c1-4-6-9-16-14(5-2)12-7-8-13(15)11(3)10-12;1-5-2-3-6(4-10-5)7(8,9)11/h5,7-10H,4,6,15H2,1-3H3;2-4H,11H2,1H3/b14-5-,16-9?;. The molecule has 0 radical (unpaired) electrons. The average molecular weight is 391 g/mol. The van der Waals surface area contributed by atoms with E-state index in [9.17, 15) is 8.78 Å². The Morgan fingerprint density at radius 1 is 1.26 bits per heavy atom. The molecule has 2 aromatic rings. The van der Waals surface area contributed by atoms with Gasteiger partial charge in [0.05, 0.1) is 5.70 Å². The Hall–Kier alpha value is -2.13. The van der Waals surface area contributed by atoms with Crippen LogP contribution in [-0.4, -0.2) is 11.2 Å². The highest BCUT2D eigenvalue weighted by Crippen LogP contribution is 2.33. The zero-order chi connectivity index (χ0) is 20.4. The fourth-order valence-electron chi connectivity index (χ4n) is 2.11. The van der Waals surface area contributed by atoms with Crippen LogP contribution in [0.1, 0.15) is 49.1 Å². The largest absolute Gasteiger partial charge is 0.399 e. The molecule has 1 atom stereocenters. The van der Waals surface area contributed by atoms with Crippen molar-refractivity contribution >= 4 is 26.8 Å². The van der Waals surface area contributed by atoms with Crippen molar-refractivity contribution in [1.82, 2.24) is 4.98 Å². The van der Waals surface area contributed by atoms with E-state index in [0.29, 0.717) is 0 Å². The minimum absolute atomic E-state index is 0.0758. The highest BCUT2D eigenvalue weighted by atomic mass is 31.0. The molecule has 27 heavy (non-hydrogen) atoms. The van der Waals surface area contributed by atoms with Crippen LogP contribution < -0.4 is 5.73 Å². The summed E-state index contributed by atoms with van der Waals surface area (Å²) in [5.74, 6) is 0. The summed E-state index contributed by atoms with van der Waals surface area (Å²) in [6.07, 6.45) is 7.33. The van der Waals surface area contributed by atoms with Crippen LogP contribution in [0.2, 0.25) is 0 Å². The van der Waals surface area contributed by atoms with Gasteiger partial charge in [-0.05, 0) is 57.0 Å². The first kappa shape index (κ1) is 22.9. The van der Waals surface area contributed by atoms with Gasteiger partial charge in [-0.3, -0.25) is 9.98 Å². The normalized spacial score (nSPS) is 12.0. The van der Waals surface area contributed by atoms with E-state index in [1.54, 1.807) is 13.0 Å². The molecular weight excluding hydrogens is 363 g/mol. The molecule has 1 aromatic carbocycles. The minimum Gasteiger partial charge on any atom is -0.399 e. The zero-order valence-electron chi connectivity index (χ0n) is 16.3. The lowest BCUT2D eigenvalue weighted by atomic mass is 10.1. The second kappa shape index (κ2) is 10.9. The molecular formula is C21H28F2N3P. The molecule has 146 valence electrons. The predicted octanol–water partition coefficient (Wildman–Crippen LogP) is 6.12. The molecule has 2 rings (SSSR count). The molecule has 1 unspecified atom stereocenters. The number of alkyl halides is 2. The highest BCUT2D eigenvalue weighted by Gasteiger charge is 2.24. The van der Waals surface area contributed by atoms with Gasteiger partial charge in [-0.25, -0.2) is 0 Å². The van der Waals surface area contributed by atoms with Crippen LogP contribution in [0, 0.1) is 13.8 Å². The van der Waals surface area contributed by atoms with E-state index < -0.39 is 5.66 Å². The van der Waals surface area contributed by atoms with Gasteiger partial charge in [0.1, 0.15) is 0 Å². The fourth-order valence-corrected chi connectivity index (χ4v) is 2.28. The number of anilines is 1. The van der Waals surface area contributed by atoms with Crippen LogP contribution in [0.25, 0.3) is 5.70 Å². The van der Waals surface area contributed by atoms with E-state index in [0.717, 1.165) is 41.0 Å². The number of pyridine rings is 1. The van der Waals surface area contributed by atoms with Crippen LogP contribution >= 0.6 is 9.24 Å². The van der Waals surface area contributed by atoms with E-state index >= 15 is 0 Å². The van der Waals surface area contributed by atoms with Crippen molar-refractivity contribution < 1.29 is 8.78 Å². The lowest BCUT2D eigenvalue weighted by molar-refractivity contribution is 0.103. The van der Waals surface area contributed by atoms with Crippen molar-refractivity contribution in [2.75, 3.05) is 5.73 Å². The number of halogens is 2. The van der Waals surface area contributed by atoms with Crippen molar-refractivity contribution in [3.05, 3.63) is 65.0 Å². The number of aromatic nitrogens is 1. The third kappa shape index (κ3) is 7.96. The number of nitrogen functional groups attached to an aromatic ring is 1. The van der Waals surface area contributed by atoms with Gasteiger partial charge in [-0.15, -0.1) is 0 Å². The number of benzene rings is 1. The first-order valence-corrected chi connectivity index (χ1v) is 9.42. The molecule has 2 N–H and O–H groups in total. The minimum atomic E-state index is -2.86. The Balaban J connectivity index is 0.000000289. The Kier molecular flexibility index (Phi) is 9.23. The van der Waals surface area contributed by atoms with Gasteiger partial charge < -0.3 is 5.73 Å². The predicted molar refractivity (Wildman–Crippen MR) is 115 cm³/mol. The molecule has 3 nitrogen and oxygen atoms in total. The Morgan fingerprint density at radius 2 is 1.96 bits per heavy atom. The van der Waals surface area contributed by atoms with Gasteiger partial charge in [-0.2, -0.15) is 8.78 Å². The number of aryl methyl sites for hydroxylation is 2. The molecule has 0 aliphatic carbocycles. The number of allylic oxidation sites excluding steroid dienone is 1. The number of nitrogens with two attached hydrogens (primary N) is 1. The highest BCUT2D eigenvalue weighted by molar-refractivity contribution is 7.17. The second-order valence-electron chi connectivity index (χ2n) is 6.16. The summed E-state index contributed by atoms with van der Waals surface area (Å²) in [6, 6.07) is 8.96. The van der Waals surface area contributed by atoms with Gasteiger partial charge in [0, 0.05) is 34.9 Å². The maximum Gasteiger partial charge on any atom is 0.285 e. The molecule has 0 aliphatic heterocycles. The lowest BCUT2D eigenvalue weighted by Gasteiger charge is -2.08. The third-order valence-electron chi connectivity index (χ3n) is 3.78. The summed E-state index contributed by atoms with van der Waals surface area (Å²) in [7, 11) is 1.47. The molecule has 6 heteroatoms. The molecule has 0 saturated heterocycles. The van der Waals surface area contributed by atoms with Crippen molar-refractivity contribution in [3.8, 4) is 0 Å². The summed E-state index contributed by atoms with van der Waals surface area (Å²) >= 11 is 0. The number of hydrogen-bond acceptors (Lipinski definition) is 3. The summed E-state index contributed by atoms with van der Waals surface area (Å²) in [4.78, 5) is 8.22. The molecule has 0 spiro atoms. The quantitative estimate of drug-likeness (QED) is 0.379. The van der Waals surface area contributed by atoms with E-state index in [-0.39, 0.29) is 5.56 Å². The second-order valence-corrected chi connectivity index (χ2v) is 6.88. The maximum absolute atomic E-state index is 12.5. The van der Waals surface area contributed by atoms with Crippen molar-refractivity contribution in [2.24, 2.45) is 4.99 Å². The number of aliphatic imine (C=N–C) groups is 1. The number of unbranched alkanes of at least 4 members (excludes halogenated alkanes) is 1.